The lowest BCUT2D eigenvalue weighted by Crippen LogP contribution is -2.54. The minimum atomic E-state index is -0.547. The van der Waals surface area contributed by atoms with Gasteiger partial charge in [-0.3, -0.25) is 4.98 Å². The molecule has 1 atom stereocenters. The van der Waals surface area contributed by atoms with Crippen LogP contribution in [0.15, 0.2) is 34.9 Å². The first kappa shape index (κ1) is 21.4. The first-order chi connectivity index (χ1) is 14.6. The molecular formula is C22H24ClFN4O3. The number of pyridine rings is 1. The number of rotatable bonds is 2. The van der Waals surface area contributed by atoms with Gasteiger partial charge in [0.1, 0.15) is 22.6 Å². The van der Waals surface area contributed by atoms with Crippen LogP contribution < -0.4 is 4.90 Å². The Hall–Kier alpha value is -2.87. The highest BCUT2D eigenvalue weighted by molar-refractivity contribution is 6.31. The molecule has 0 saturated carbocycles. The average Bonchev–Trinajstić information content (AvgIpc) is 3.10. The second kappa shape index (κ2) is 8.00. The fourth-order valence-corrected chi connectivity index (χ4v) is 3.82. The highest BCUT2D eigenvalue weighted by Crippen LogP contribution is 2.35. The van der Waals surface area contributed by atoms with Gasteiger partial charge in [-0.05, 0) is 52.0 Å². The Labute approximate surface area is 184 Å². The van der Waals surface area contributed by atoms with E-state index in [1.165, 1.54) is 18.3 Å². The van der Waals surface area contributed by atoms with Gasteiger partial charge in [0.15, 0.2) is 5.58 Å². The van der Waals surface area contributed by atoms with E-state index in [-0.39, 0.29) is 17.8 Å². The van der Waals surface area contributed by atoms with Gasteiger partial charge in [-0.2, -0.15) is 4.98 Å². The lowest BCUT2D eigenvalue weighted by molar-refractivity contribution is 0.0216. The number of piperazine rings is 1. The van der Waals surface area contributed by atoms with Crippen LogP contribution >= 0.6 is 11.6 Å². The molecule has 9 heteroatoms. The first-order valence-corrected chi connectivity index (χ1v) is 10.5. The second-order valence-corrected chi connectivity index (χ2v) is 9.04. The molecule has 0 aliphatic carbocycles. The molecule has 1 aliphatic rings. The minimum Gasteiger partial charge on any atom is -0.444 e. The third-order valence-corrected chi connectivity index (χ3v) is 5.20. The molecule has 0 bridgehead atoms. The van der Waals surface area contributed by atoms with E-state index >= 15 is 0 Å². The molecule has 2 aromatic heterocycles. The van der Waals surface area contributed by atoms with Gasteiger partial charge in [0.05, 0.1) is 0 Å². The van der Waals surface area contributed by atoms with Crippen molar-refractivity contribution >= 4 is 34.8 Å². The van der Waals surface area contributed by atoms with Gasteiger partial charge in [0, 0.05) is 42.5 Å². The molecule has 0 radical (unpaired) electrons. The van der Waals surface area contributed by atoms with Crippen molar-refractivity contribution in [3.8, 4) is 11.3 Å². The second-order valence-electron chi connectivity index (χ2n) is 8.60. The van der Waals surface area contributed by atoms with E-state index in [0.29, 0.717) is 47.3 Å². The summed E-state index contributed by atoms with van der Waals surface area (Å²) in [7, 11) is 0. The molecule has 7 nitrogen and oxygen atoms in total. The van der Waals surface area contributed by atoms with Crippen molar-refractivity contribution in [3.05, 3.63) is 41.3 Å². The number of carbonyl (C=O) groups excluding carboxylic acids is 1. The van der Waals surface area contributed by atoms with E-state index in [9.17, 15) is 9.18 Å². The summed E-state index contributed by atoms with van der Waals surface area (Å²) in [6.07, 6.45) is 1.18. The number of benzene rings is 1. The van der Waals surface area contributed by atoms with Crippen molar-refractivity contribution in [1.82, 2.24) is 14.9 Å². The van der Waals surface area contributed by atoms with Crippen LogP contribution in [0.2, 0.25) is 5.02 Å². The van der Waals surface area contributed by atoms with Crippen LogP contribution in [-0.4, -0.2) is 52.2 Å². The largest absolute Gasteiger partial charge is 0.444 e. The molecule has 1 amide bonds. The van der Waals surface area contributed by atoms with E-state index in [2.05, 4.69) is 9.97 Å². The zero-order valence-corrected chi connectivity index (χ0v) is 18.6. The fourth-order valence-electron chi connectivity index (χ4n) is 3.60. The summed E-state index contributed by atoms with van der Waals surface area (Å²) in [5, 5.41) is 0.412. The van der Waals surface area contributed by atoms with E-state index in [0.717, 1.165) is 0 Å². The van der Waals surface area contributed by atoms with Crippen LogP contribution in [0.1, 0.15) is 27.7 Å². The molecule has 1 saturated heterocycles. The zero-order valence-electron chi connectivity index (χ0n) is 17.9. The summed E-state index contributed by atoms with van der Waals surface area (Å²) >= 11 is 6.25. The van der Waals surface area contributed by atoms with Gasteiger partial charge in [-0.25, -0.2) is 9.18 Å². The predicted octanol–water partition coefficient (Wildman–Crippen LogP) is 5.13. The first-order valence-electron chi connectivity index (χ1n) is 10.1. The average molecular weight is 447 g/mol. The number of fused-ring (bicyclic) bond motifs is 1. The summed E-state index contributed by atoms with van der Waals surface area (Å²) < 4.78 is 25.9. The minimum absolute atomic E-state index is 0.0557. The Balaban J connectivity index is 1.62. The van der Waals surface area contributed by atoms with Crippen LogP contribution in [0.5, 0.6) is 0 Å². The van der Waals surface area contributed by atoms with Crippen molar-refractivity contribution in [2.45, 2.75) is 39.3 Å². The van der Waals surface area contributed by atoms with Gasteiger partial charge in [-0.15, -0.1) is 0 Å². The SMILES string of the molecule is C[C@H]1CN(C(=O)OC(C)(C)C)CCN1c1nc2cc(Cl)cc(-c3ncccc3F)c2o1. The topological polar surface area (TPSA) is 71.7 Å². The summed E-state index contributed by atoms with van der Waals surface area (Å²) in [4.78, 5) is 24.8. The fraction of sp³-hybridized carbons (Fsp3) is 0.409. The van der Waals surface area contributed by atoms with Crippen molar-refractivity contribution in [2.75, 3.05) is 24.5 Å². The van der Waals surface area contributed by atoms with Gasteiger partial charge < -0.3 is 19.0 Å². The molecular weight excluding hydrogens is 423 g/mol. The standard InChI is InChI=1S/C22H24ClFN4O3/c1-13-12-27(21(29)31-22(2,3)4)8-9-28(13)20-26-17-11-14(23)10-15(19(17)30-20)18-16(24)6-5-7-25-18/h5-7,10-11,13H,8-9,12H2,1-4H3/t13-/m0/s1. The lowest BCUT2D eigenvalue weighted by Gasteiger charge is -2.39. The molecule has 1 aliphatic heterocycles. The Morgan fingerprint density at radius 3 is 2.77 bits per heavy atom. The lowest BCUT2D eigenvalue weighted by atomic mass is 10.1. The summed E-state index contributed by atoms with van der Waals surface area (Å²) in [6, 6.07) is 6.50. The number of oxazole rings is 1. The van der Waals surface area contributed by atoms with E-state index < -0.39 is 11.4 Å². The predicted molar refractivity (Wildman–Crippen MR) is 117 cm³/mol. The molecule has 164 valence electrons. The van der Waals surface area contributed by atoms with Gasteiger partial charge in [0.2, 0.25) is 0 Å². The number of hydrogen-bond donors (Lipinski definition) is 0. The van der Waals surface area contributed by atoms with Crippen molar-refractivity contribution in [2.24, 2.45) is 0 Å². The number of carbonyl (C=O) groups is 1. The monoisotopic (exact) mass is 446 g/mol. The smallest absolute Gasteiger partial charge is 0.410 e. The number of anilines is 1. The maximum absolute atomic E-state index is 14.4. The molecule has 0 unspecified atom stereocenters. The number of amides is 1. The highest BCUT2D eigenvalue weighted by Gasteiger charge is 2.32. The van der Waals surface area contributed by atoms with Crippen molar-refractivity contribution in [3.63, 3.8) is 0 Å². The number of ether oxygens (including phenoxy) is 1. The Bertz CT molecular complexity index is 1130. The Kier molecular flexibility index (Phi) is 5.51. The number of nitrogens with zero attached hydrogens (tertiary/aromatic N) is 4. The van der Waals surface area contributed by atoms with Crippen LogP contribution in [-0.2, 0) is 4.74 Å². The van der Waals surface area contributed by atoms with E-state index in [1.807, 2.05) is 32.6 Å². The van der Waals surface area contributed by atoms with E-state index in [4.69, 9.17) is 20.8 Å². The molecule has 0 spiro atoms. The number of aromatic nitrogens is 2. The van der Waals surface area contributed by atoms with Crippen molar-refractivity contribution < 1.29 is 18.3 Å². The highest BCUT2D eigenvalue weighted by atomic mass is 35.5. The van der Waals surface area contributed by atoms with Gasteiger partial charge >= 0.3 is 6.09 Å². The maximum atomic E-state index is 14.4. The number of halogens is 2. The number of hydrogen-bond acceptors (Lipinski definition) is 6. The molecule has 3 aromatic rings. The third kappa shape index (κ3) is 4.44. The van der Waals surface area contributed by atoms with Gasteiger partial charge in [-0.1, -0.05) is 11.6 Å². The molecule has 4 rings (SSSR count). The normalized spacial score (nSPS) is 17.3. The molecule has 1 fully saturated rings. The summed E-state index contributed by atoms with van der Waals surface area (Å²) in [6.45, 7) is 8.98. The van der Waals surface area contributed by atoms with Crippen LogP contribution in [0.3, 0.4) is 0 Å². The molecule has 3 heterocycles. The molecule has 31 heavy (non-hydrogen) atoms. The Morgan fingerprint density at radius 1 is 1.32 bits per heavy atom. The molecule has 0 N–H and O–H groups in total. The quantitative estimate of drug-likeness (QED) is 0.543. The maximum Gasteiger partial charge on any atom is 0.410 e. The van der Waals surface area contributed by atoms with Crippen molar-refractivity contribution in [1.29, 1.82) is 0 Å². The summed E-state index contributed by atoms with van der Waals surface area (Å²) in [5.74, 6) is -0.469. The van der Waals surface area contributed by atoms with Gasteiger partial charge in [0.25, 0.3) is 6.01 Å². The zero-order chi connectivity index (χ0) is 22.3. The molecule has 1 aromatic carbocycles. The van der Waals surface area contributed by atoms with E-state index in [1.54, 1.807) is 17.0 Å². The third-order valence-electron chi connectivity index (χ3n) is 4.98. The van der Waals surface area contributed by atoms with Crippen LogP contribution in [0.25, 0.3) is 22.4 Å². The van der Waals surface area contributed by atoms with Crippen LogP contribution in [0.4, 0.5) is 15.2 Å². The Morgan fingerprint density at radius 2 is 2.10 bits per heavy atom. The van der Waals surface area contributed by atoms with Crippen LogP contribution in [0, 0.1) is 5.82 Å². The summed E-state index contributed by atoms with van der Waals surface area (Å²) in [5.41, 5.74) is 0.983.